The number of nitrogens with zero attached hydrogens (tertiary/aromatic N) is 1. The van der Waals surface area contributed by atoms with Crippen molar-refractivity contribution in [1.29, 1.82) is 0 Å². The normalized spacial score (nSPS) is 13.8. The van der Waals surface area contributed by atoms with Gasteiger partial charge < -0.3 is 5.11 Å². The molecule has 108 valence electrons. The minimum atomic E-state index is -3.66. The summed E-state index contributed by atoms with van der Waals surface area (Å²) in [4.78, 5) is 3.85. The van der Waals surface area contributed by atoms with Crippen molar-refractivity contribution in [1.82, 2.24) is 9.71 Å². The van der Waals surface area contributed by atoms with Crippen LogP contribution in [0.15, 0.2) is 17.2 Å². The summed E-state index contributed by atoms with van der Waals surface area (Å²) in [6.45, 7) is 5.60. The van der Waals surface area contributed by atoms with Gasteiger partial charge in [0.25, 0.3) is 0 Å². The molecule has 1 unspecified atom stereocenters. The van der Waals surface area contributed by atoms with Crippen molar-refractivity contribution in [3.63, 3.8) is 0 Å². The molecule has 0 saturated heterocycles. The van der Waals surface area contributed by atoms with Crippen LogP contribution in [0.25, 0.3) is 0 Å². The molecule has 0 amide bonds. The van der Waals surface area contributed by atoms with Gasteiger partial charge in [-0.25, -0.2) is 18.1 Å². The van der Waals surface area contributed by atoms with E-state index in [-0.39, 0.29) is 16.6 Å². The van der Waals surface area contributed by atoms with Crippen molar-refractivity contribution in [2.24, 2.45) is 5.92 Å². The summed E-state index contributed by atoms with van der Waals surface area (Å²) in [7, 11) is -3.66. The van der Waals surface area contributed by atoms with E-state index in [9.17, 15) is 13.5 Å². The standard InChI is InChI=1S/C12H19ClN2O3S/c1-8(2)4-10(16)6-15-19(17,18)11-5-9(3)12(13)14-7-11/h5,7-8,10,15-16H,4,6H2,1-3H3. The highest BCUT2D eigenvalue weighted by Crippen LogP contribution is 2.16. The van der Waals surface area contributed by atoms with Crippen molar-refractivity contribution in [2.75, 3.05) is 6.54 Å². The lowest BCUT2D eigenvalue weighted by Gasteiger charge is -2.14. The van der Waals surface area contributed by atoms with Crippen LogP contribution >= 0.6 is 11.6 Å². The molecule has 5 nitrogen and oxygen atoms in total. The summed E-state index contributed by atoms with van der Waals surface area (Å²) in [5.41, 5.74) is 0.590. The predicted molar refractivity (Wildman–Crippen MR) is 74.6 cm³/mol. The number of hydrogen-bond donors (Lipinski definition) is 2. The fourth-order valence-corrected chi connectivity index (χ4v) is 2.80. The average molecular weight is 307 g/mol. The summed E-state index contributed by atoms with van der Waals surface area (Å²) in [6.07, 6.45) is 1.04. The Labute approximate surface area is 119 Å². The zero-order valence-corrected chi connectivity index (χ0v) is 12.8. The van der Waals surface area contributed by atoms with E-state index in [0.717, 1.165) is 0 Å². The maximum Gasteiger partial charge on any atom is 0.242 e. The number of rotatable bonds is 6. The summed E-state index contributed by atoms with van der Waals surface area (Å²) >= 11 is 5.75. The Hall–Kier alpha value is -0.690. The van der Waals surface area contributed by atoms with E-state index in [0.29, 0.717) is 17.9 Å². The Morgan fingerprint density at radius 1 is 1.47 bits per heavy atom. The largest absolute Gasteiger partial charge is 0.392 e. The topological polar surface area (TPSA) is 79.3 Å². The van der Waals surface area contributed by atoms with Crippen molar-refractivity contribution >= 4 is 21.6 Å². The van der Waals surface area contributed by atoms with Crippen molar-refractivity contribution in [2.45, 2.75) is 38.2 Å². The number of sulfonamides is 1. The van der Waals surface area contributed by atoms with E-state index in [1.807, 2.05) is 13.8 Å². The van der Waals surface area contributed by atoms with Crippen LogP contribution in [-0.2, 0) is 10.0 Å². The fourth-order valence-electron chi connectivity index (χ4n) is 1.60. The molecule has 1 aromatic heterocycles. The minimum absolute atomic E-state index is 0.0117. The predicted octanol–water partition coefficient (Wildman–Crippen LogP) is 1.73. The number of aromatic nitrogens is 1. The van der Waals surface area contributed by atoms with Gasteiger partial charge in [0.2, 0.25) is 10.0 Å². The van der Waals surface area contributed by atoms with Crippen LogP contribution in [0.4, 0.5) is 0 Å². The van der Waals surface area contributed by atoms with Gasteiger partial charge in [0.15, 0.2) is 0 Å². The first kappa shape index (κ1) is 16.4. The molecule has 0 aliphatic carbocycles. The molecule has 19 heavy (non-hydrogen) atoms. The Balaban J connectivity index is 2.73. The first-order valence-electron chi connectivity index (χ1n) is 6.02. The molecule has 0 spiro atoms. The molecule has 0 saturated carbocycles. The van der Waals surface area contributed by atoms with Crippen molar-refractivity contribution in [3.05, 3.63) is 23.0 Å². The lowest BCUT2D eigenvalue weighted by Crippen LogP contribution is -2.32. The van der Waals surface area contributed by atoms with Crippen LogP contribution < -0.4 is 4.72 Å². The number of aliphatic hydroxyl groups excluding tert-OH is 1. The molecule has 7 heteroatoms. The quantitative estimate of drug-likeness (QED) is 0.785. The van der Waals surface area contributed by atoms with Gasteiger partial charge in [0, 0.05) is 12.7 Å². The maximum absolute atomic E-state index is 12.0. The monoisotopic (exact) mass is 306 g/mol. The van der Waals surface area contributed by atoms with E-state index in [4.69, 9.17) is 11.6 Å². The lowest BCUT2D eigenvalue weighted by atomic mass is 10.1. The molecule has 2 N–H and O–H groups in total. The van der Waals surface area contributed by atoms with Crippen LogP contribution in [0.2, 0.25) is 5.15 Å². The van der Waals surface area contributed by atoms with Gasteiger partial charge in [-0.3, -0.25) is 0 Å². The number of nitrogens with one attached hydrogen (secondary N) is 1. The zero-order chi connectivity index (χ0) is 14.6. The molecule has 1 heterocycles. The Bertz CT molecular complexity index is 532. The minimum Gasteiger partial charge on any atom is -0.392 e. The van der Waals surface area contributed by atoms with Gasteiger partial charge in [0.05, 0.1) is 6.10 Å². The molecule has 0 fully saturated rings. The molecule has 0 aliphatic rings. The SMILES string of the molecule is Cc1cc(S(=O)(=O)NCC(O)CC(C)C)cnc1Cl. The van der Waals surface area contributed by atoms with Crippen molar-refractivity contribution < 1.29 is 13.5 Å². The lowest BCUT2D eigenvalue weighted by molar-refractivity contribution is 0.152. The van der Waals surface area contributed by atoms with Crippen molar-refractivity contribution in [3.8, 4) is 0 Å². The van der Waals surface area contributed by atoms with Gasteiger partial charge in [0.1, 0.15) is 10.0 Å². The first-order valence-corrected chi connectivity index (χ1v) is 7.88. The second kappa shape index (κ2) is 6.65. The van der Waals surface area contributed by atoms with E-state index in [2.05, 4.69) is 9.71 Å². The third-order valence-electron chi connectivity index (χ3n) is 2.55. The summed E-state index contributed by atoms with van der Waals surface area (Å²) in [5.74, 6) is 0.305. The molecule has 0 bridgehead atoms. The van der Waals surface area contributed by atoms with Crippen LogP contribution in [0.1, 0.15) is 25.8 Å². The molecular formula is C12H19ClN2O3S. The summed E-state index contributed by atoms with van der Waals surface area (Å²) in [6, 6.07) is 1.45. The highest BCUT2D eigenvalue weighted by molar-refractivity contribution is 7.89. The molecule has 0 aromatic carbocycles. The van der Waals surface area contributed by atoms with E-state index in [1.54, 1.807) is 6.92 Å². The van der Waals surface area contributed by atoms with Gasteiger partial charge in [-0.05, 0) is 30.9 Å². The first-order chi connectivity index (χ1) is 8.72. The van der Waals surface area contributed by atoms with Gasteiger partial charge in [-0.2, -0.15) is 0 Å². The third-order valence-corrected chi connectivity index (χ3v) is 4.34. The number of aryl methyl sites for hydroxylation is 1. The Kier molecular flexibility index (Phi) is 5.73. The second-order valence-electron chi connectivity index (χ2n) is 4.91. The van der Waals surface area contributed by atoms with Crippen LogP contribution in [0.3, 0.4) is 0 Å². The van der Waals surface area contributed by atoms with Gasteiger partial charge in [-0.1, -0.05) is 25.4 Å². The smallest absolute Gasteiger partial charge is 0.242 e. The van der Waals surface area contributed by atoms with Gasteiger partial charge >= 0.3 is 0 Å². The molecule has 1 atom stereocenters. The Morgan fingerprint density at radius 2 is 2.11 bits per heavy atom. The number of aliphatic hydroxyl groups is 1. The molecule has 1 aromatic rings. The van der Waals surface area contributed by atoms with Crippen LogP contribution in [0.5, 0.6) is 0 Å². The average Bonchev–Trinajstić information content (AvgIpc) is 2.29. The zero-order valence-electron chi connectivity index (χ0n) is 11.2. The van der Waals surface area contributed by atoms with E-state index < -0.39 is 16.1 Å². The molecule has 0 radical (unpaired) electrons. The highest BCUT2D eigenvalue weighted by Gasteiger charge is 2.17. The number of hydrogen-bond acceptors (Lipinski definition) is 4. The number of pyridine rings is 1. The van der Waals surface area contributed by atoms with Crippen LogP contribution in [0, 0.1) is 12.8 Å². The van der Waals surface area contributed by atoms with E-state index in [1.165, 1.54) is 12.3 Å². The summed E-state index contributed by atoms with van der Waals surface area (Å²) in [5, 5.41) is 9.94. The molecular weight excluding hydrogens is 288 g/mol. The third kappa shape index (κ3) is 5.06. The fraction of sp³-hybridized carbons (Fsp3) is 0.583. The highest BCUT2D eigenvalue weighted by atomic mass is 35.5. The molecule has 1 rings (SSSR count). The maximum atomic E-state index is 12.0. The van der Waals surface area contributed by atoms with E-state index >= 15 is 0 Å². The van der Waals surface area contributed by atoms with Gasteiger partial charge in [-0.15, -0.1) is 0 Å². The second-order valence-corrected chi connectivity index (χ2v) is 7.04. The van der Waals surface area contributed by atoms with Crippen LogP contribution in [-0.4, -0.2) is 31.2 Å². The Morgan fingerprint density at radius 3 is 2.63 bits per heavy atom. The number of halogens is 1. The molecule has 0 aliphatic heterocycles. The summed E-state index contributed by atoms with van der Waals surface area (Å²) < 4.78 is 26.3.